The molecule has 2 aromatic rings. The Balaban J connectivity index is 1.51. The fourth-order valence-corrected chi connectivity index (χ4v) is 3.60. The molecule has 6 nitrogen and oxygen atoms in total. The highest BCUT2D eigenvalue weighted by atomic mass is 16.2. The first-order valence-corrected chi connectivity index (χ1v) is 9.93. The lowest BCUT2D eigenvalue weighted by atomic mass is 9.95. The Kier molecular flexibility index (Phi) is 6.65. The van der Waals surface area contributed by atoms with E-state index in [0.717, 1.165) is 11.1 Å². The van der Waals surface area contributed by atoms with Gasteiger partial charge in [-0.2, -0.15) is 0 Å². The van der Waals surface area contributed by atoms with Gasteiger partial charge in [-0.25, -0.2) is 0 Å². The molecule has 6 heteroatoms. The van der Waals surface area contributed by atoms with Gasteiger partial charge < -0.3 is 15.5 Å². The number of benzene rings is 2. The summed E-state index contributed by atoms with van der Waals surface area (Å²) in [6.45, 7) is 4.64. The normalized spacial score (nSPS) is 14.3. The Hall–Kier alpha value is -3.15. The quantitative estimate of drug-likeness (QED) is 0.817. The maximum Gasteiger partial charge on any atom is 0.227 e. The minimum Gasteiger partial charge on any atom is -0.342 e. The molecular weight excluding hydrogens is 366 g/mol. The second kappa shape index (κ2) is 9.37. The third-order valence-corrected chi connectivity index (χ3v) is 5.27. The molecule has 3 rings (SSSR count). The number of likely N-dealkylation sites (tertiary alicyclic amines) is 1. The van der Waals surface area contributed by atoms with E-state index < -0.39 is 0 Å². The summed E-state index contributed by atoms with van der Waals surface area (Å²) < 4.78 is 0. The summed E-state index contributed by atoms with van der Waals surface area (Å²) in [6, 6.07) is 15.0. The molecule has 0 unspecified atom stereocenters. The van der Waals surface area contributed by atoms with Crippen LogP contribution in [0, 0.1) is 12.8 Å². The minimum absolute atomic E-state index is 0.0454. The van der Waals surface area contributed by atoms with E-state index in [1.165, 1.54) is 6.92 Å². The molecule has 0 aromatic heterocycles. The lowest BCUT2D eigenvalue weighted by Crippen LogP contribution is -2.42. The monoisotopic (exact) mass is 393 g/mol. The van der Waals surface area contributed by atoms with Crippen molar-refractivity contribution >= 4 is 29.1 Å². The third kappa shape index (κ3) is 5.67. The lowest BCUT2D eigenvalue weighted by Gasteiger charge is -2.31. The summed E-state index contributed by atoms with van der Waals surface area (Å²) in [5, 5.41) is 5.63. The van der Waals surface area contributed by atoms with E-state index in [2.05, 4.69) is 10.6 Å². The third-order valence-electron chi connectivity index (χ3n) is 5.27. The molecule has 1 saturated heterocycles. The van der Waals surface area contributed by atoms with Crippen LogP contribution in [0.1, 0.15) is 30.9 Å². The predicted molar refractivity (Wildman–Crippen MR) is 114 cm³/mol. The molecule has 152 valence electrons. The van der Waals surface area contributed by atoms with Crippen molar-refractivity contribution in [2.24, 2.45) is 5.92 Å². The van der Waals surface area contributed by atoms with Gasteiger partial charge in [0.25, 0.3) is 0 Å². The van der Waals surface area contributed by atoms with Gasteiger partial charge >= 0.3 is 0 Å². The van der Waals surface area contributed by atoms with Crippen LogP contribution in [0.5, 0.6) is 0 Å². The highest BCUT2D eigenvalue weighted by Gasteiger charge is 2.27. The number of anilines is 2. The molecule has 0 spiro atoms. The molecule has 0 bridgehead atoms. The van der Waals surface area contributed by atoms with Crippen molar-refractivity contribution in [2.45, 2.75) is 33.1 Å². The lowest BCUT2D eigenvalue weighted by molar-refractivity contribution is -0.133. The zero-order valence-corrected chi connectivity index (χ0v) is 16.9. The average Bonchev–Trinajstić information content (AvgIpc) is 2.69. The number of carbonyl (C=O) groups is 3. The highest BCUT2D eigenvalue weighted by Crippen LogP contribution is 2.22. The first kappa shape index (κ1) is 20.6. The Morgan fingerprint density at radius 2 is 1.62 bits per heavy atom. The van der Waals surface area contributed by atoms with Crippen LogP contribution in [0.25, 0.3) is 0 Å². The largest absolute Gasteiger partial charge is 0.342 e. The second-order valence-corrected chi connectivity index (χ2v) is 7.51. The van der Waals surface area contributed by atoms with Crippen LogP contribution >= 0.6 is 0 Å². The van der Waals surface area contributed by atoms with Gasteiger partial charge in [-0.1, -0.05) is 30.3 Å². The first-order valence-electron chi connectivity index (χ1n) is 9.93. The fraction of sp³-hybridized carbons (Fsp3) is 0.348. The Labute approximate surface area is 171 Å². The van der Waals surface area contributed by atoms with Crippen molar-refractivity contribution < 1.29 is 14.4 Å². The van der Waals surface area contributed by atoms with Crippen LogP contribution in [-0.4, -0.2) is 35.7 Å². The van der Waals surface area contributed by atoms with Crippen LogP contribution in [0.2, 0.25) is 0 Å². The first-order chi connectivity index (χ1) is 13.9. The van der Waals surface area contributed by atoms with Gasteiger partial charge in [-0.3, -0.25) is 14.4 Å². The molecule has 1 heterocycles. The molecule has 0 aliphatic carbocycles. The molecular formula is C23H27N3O3. The van der Waals surface area contributed by atoms with Gasteiger partial charge in [0.1, 0.15) is 0 Å². The van der Waals surface area contributed by atoms with Gasteiger partial charge in [0.15, 0.2) is 0 Å². The van der Waals surface area contributed by atoms with Crippen LogP contribution in [-0.2, 0) is 20.8 Å². The predicted octanol–water partition coefficient (Wildman–Crippen LogP) is 3.37. The van der Waals surface area contributed by atoms with Crippen LogP contribution in [0.15, 0.2) is 48.5 Å². The molecule has 2 N–H and O–H groups in total. The molecule has 1 aliphatic heterocycles. The second-order valence-electron chi connectivity index (χ2n) is 7.51. The fourth-order valence-electron chi connectivity index (χ4n) is 3.60. The zero-order valence-electron chi connectivity index (χ0n) is 16.9. The van der Waals surface area contributed by atoms with Crippen molar-refractivity contribution in [3.63, 3.8) is 0 Å². The molecule has 2 aromatic carbocycles. The maximum absolute atomic E-state index is 12.6. The molecule has 1 fully saturated rings. The number of aryl methyl sites for hydroxylation is 1. The maximum atomic E-state index is 12.6. The molecule has 29 heavy (non-hydrogen) atoms. The Morgan fingerprint density at radius 3 is 2.28 bits per heavy atom. The van der Waals surface area contributed by atoms with Crippen LogP contribution in [0.3, 0.4) is 0 Å². The van der Waals surface area contributed by atoms with E-state index in [4.69, 9.17) is 0 Å². The number of rotatable bonds is 5. The number of amides is 3. The van der Waals surface area contributed by atoms with Gasteiger partial charge in [-0.15, -0.1) is 0 Å². The summed E-state index contributed by atoms with van der Waals surface area (Å²) in [5.74, 6) is -0.213. The van der Waals surface area contributed by atoms with Crippen LogP contribution in [0.4, 0.5) is 11.4 Å². The summed E-state index contributed by atoms with van der Waals surface area (Å²) in [7, 11) is 0. The summed E-state index contributed by atoms with van der Waals surface area (Å²) >= 11 is 0. The number of piperidine rings is 1. The molecule has 3 amide bonds. The smallest absolute Gasteiger partial charge is 0.227 e. The van der Waals surface area contributed by atoms with E-state index >= 15 is 0 Å². The Bertz CT molecular complexity index is 902. The molecule has 0 radical (unpaired) electrons. The van der Waals surface area contributed by atoms with Crippen molar-refractivity contribution in [3.8, 4) is 0 Å². The minimum atomic E-state index is -0.156. The van der Waals surface area contributed by atoms with E-state index in [1.54, 1.807) is 24.3 Å². The van der Waals surface area contributed by atoms with E-state index in [-0.39, 0.29) is 23.6 Å². The standard InChI is InChI=1S/C23H27N3O3/c1-16-6-3-4-7-19(16)14-22(28)26-12-10-18(11-13-26)23(29)25-21-9-5-8-20(15-21)24-17(2)27/h3-9,15,18H,10-14H2,1-2H3,(H,24,27)(H,25,29). The molecule has 0 saturated carbocycles. The van der Waals surface area contributed by atoms with E-state index in [9.17, 15) is 14.4 Å². The van der Waals surface area contributed by atoms with Gasteiger partial charge in [0, 0.05) is 37.3 Å². The van der Waals surface area contributed by atoms with Gasteiger partial charge in [0.2, 0.25) is 17.7 Å². The number of carbonyl (C=O) groups excluding carboxylic acids is 3. The summed E-state index contributed by atoms with van der Waals surface area (Å²) in [5.41, 5.74) is 3.47. The highest BCUT2D eigenvalue weighted by molar-refractivity contribution is 5.94. The van der Waals surface area contributed by atoms with E-state index in [1.807, 2.05) is 36.1 Å². The van der Waals surface area contributed by atoms with Crippen molar-refractivity contribution in [1.29, 1.82) is 0 Å². The van der Waals surface area contributed by atoms with Crippen molar-refractivity contribution in [3.05, 3.63) is 59.7 Å². The SMILES string of the molecule is CC(=O)Nc1cccc(NC(=O)C2CCN(C(=O)Cc3ccccc3C)CC2)c1. The number of hydrogen-bond donors (Lipinski definition) is 2. The Morgan fingerprint density at radius 1 is 0.966 bits per heavy atom. The van der Waals surface area contributed by atoms with Crippen LogP contribution < -0.4 is 10.6 Å². The topological polar surface area (TPSA) is 78.5 Å². The zero-order chi connectivity index (χ0) is 20.8. The number of nitrogens with zero attached hydrogens (tertiary/aromatic N) is 1. The van der Waals surface area contributed by atoms with Crippen molar-refractivity contribution in [2.75, 3.05) is 23.7 Å². The summed E-state index contributed by atoms with van der Waals surface area (Å²) in [6.07, 6.45) is 1.70. The van der Waals surface area contributed by atoms with Crippen molar-refractivity contribution in [1.82, 2.24) is 4.90 Å². The molecule has 1 aliphatic rings. The summed E-state index contributed by atoms with van der Waals surface area (Å²) in [4.78, 5) is 38.3. The number of hydrogen-bond acceptors (Lipinski definition) is 3. The van der Waals surface area contributed by atoms with E-state index in [0.29, 0.717) is 43.7 Å². The average molecular weight is 393 g/mol. The molecule has 0 atom stereocenters. The van der Waals surface area contributed by atoms with Gasteiger partial charge in [-0.05, 0) is 49.1 Å². The number of nitrogens with one attached hydrogen (secondary N) is 2. The van der Waals surface area contributed by atoms with Gasteiger partial charge in [0.05, 0.1) is 6.42 Å².